The fraction of sp³-hybridized carbons (Fsp3) is 0.0833. The summed E-state index contributed by atoms with van der Waals surface area (Å²) in [7, 11) is 1.65. The fourth-order valence-corrected chi connectivity index (χ4v) is 2.49. The van der Waals surface area contributed by atoms with Gasteiger partial charge in [0.1, 0.15) is 0 Å². The number of methoxy groups -OCH3 is 1. The summed E-state index contributed by atoms with van der Waals surface area (Å²) < 4.78 is 10.7. The molecule has 0 saturated carbocycles. The molecule has 0 aliphatic carbocycles. The largest absolute Gasteiger partial charge is 0.494 e. The second kappa shape index (κ2) is 3.64. The molecular formula is C12H9NO2S. The lowest BCUT2D eigenvalue weighted by Crippen LogP contribution is -1.88. The number of aromatic nitrogens is 1. The maximum atomic E-state index is 5.42. The first-order valence-corrected chi connectivity index (χ1v) is 5.72. The Morgan fingerprint density at radius 3 is 3.00 bits per heavy atom. The average Bonchev–Trinajstić information content (AvgIpc) is 2.97. The second-order valence-corrected chi connectivity index (χ2v) is 4.27. The van der Waals surface area contributed by atoms with Crippen molar-refractivity contribution in [1.29, 1.82) is 0 Å². The van der Waals surface area contributed by atoms with Crippen molar-refractivity contribution in [3.8, 4) is 16.2 Å². The van der Waals surface area contributed by atoms with E-state index in [9.17, 15) is 0 Å². The lowest BCUT2D eigenvalue weighted by Gasteiger charge is -2.06. The molecule has 0 aliphatic rings. The van der Waals surface area contributed by atoms with Crippen LogP contribution in [0.2, 0.25) is 0 Å². The Morgan fingerprint density at radius 1 is 1.31 bits per heavy atom. The number of oxazole rings is 1. The third kappa shape index (κ3) is 1.31. The normalized spacial score (nSPS) is 10.8. The minimum absolute atomic E-state index is 0.747. The van der Waals surface area contributed by atoms with Crippen molar-refractivity contribution in [2.75, 3.05) is 7.11 Å². The van der Waals surface area contributed by atoms with Crippen LogP contribution in [0.25, 0.3) is 21.5 Å². The zero-order chi connectivity index (χ0) is 11.0. The van der Waals surface area contributed by atoms with E-state index in [-0.39, 0.29) is 0 Å². The number of hydrogen-bond donors (Lipinski definition) is 0. The van der Waals surface area contributed by atoms with E-state index in [2.05, 4.69) is 11.1 Å². The van der Waals surface area contributed by atoms with E-state index in [1.165, 1.54) is 11.3 Å². The van der Waals surface area contributed by atoms with E-state index in [0.717, 1.165) is 22.4 Å². The third-order valence-electron chi connectivity index (χ3n) is 2.45. The van der Waals surface area contributed by atoms with Crippen LogP contribution in [0.3, 0.4) is 0 Å². The van der Waals surface area contributed by atoms with Crippen molar-refractivity contribution < 1.29 is 9.15 Å². The summed E-state index contributed by atoms with van der Waals surface area (Å²) in [6.07, 6.45) is 1.44. The maximum absolute atomic E-state index is 5.42. The predicted octanol–water partition coefficient (Wildman–Crippen LogP) is 3.56. The molecule has 0 unspecified atom stereocenters. The highest BCUT2D eigenvalue weighted by Gasteiger charge is 2.13. The van der Waals surface area contributed by atoms with E-state index >= 15 is 0 Å². The van der Waals surface area contributed by atoms with Crippen LogP contribution in [0.4, 0.5) is 0 Å². The average molecular weight is 231 g/mol. The van der Waals surface area contributed by atoms with Gasteiger partial charge in [-0.25, -0.2) is 4.98 Å². The summed E-state index contributed by atoms with van der Waals surface area (Å²) in [5.74, 6) is 0.772. The summed E-state index contributed by atoms with van der Waals surface area (Å²) in [5, 5.41) is 2.04. The van der Waals surface area contributed by atoms with E-state index in [1.807, 2.05) is 23.6 Å². The van der Waals surface area contributed by atoms with Crippen LogP contribution in [-0.2, 0) is 0 Å². The Hall–Kier alpha value is -1.81. The van der Waals surface area contributed by atoms with E-state index < -0.39 is 0 Å². The molecule has 0 N–H and O–H groups in total. The number of fused-ring (bicyclic) bond motifs is 1. The highest BCUT2D eigenvalue weighted by atomic mass is 32.1. The molecule has 0 saturated heterocycles. The molecule has 4 heteroatoms. The molecule has 2 aromatic heterocycles. The summed E-state index contributed by atoms with van der Waals surface area (Å²) in [4.78, 5) is 5.34. The van der Waals surface area contributed by atoms with Gasteiger partial charge in [-0.2, -0.15) is 0 Å². The fourth-order valence-electron chi connectivity index (χ4n) is 1.74. The van der Waals surface area contributed by atoms with Crippen molar-refractivity contribution >= 4 is 22.4 Å². The third-order valence-corrected chi connectivity index (χ3v) is 3.35. The van der Waals surface area contributed by atoms with Gasteiger partial charge in [-0.15, -0.1) is 11.3 Å². The van der Waals surface area contributed by atoms with Crippen LogP contribution < -0.4 is 4.74 Å². The molecule has 3 nitrogen and oxygen atoms in total. The molecule has 0 fully saturated rings. The zero-order valence-corrected chi connectivity index (χ0v) is 9.45. The number of rotatable bonds is 2. The molecular weight excluding hydrogens is 222 g/mol. The van der Waals surface area contributed by atoms with Gasteiger partial charge in [0.25, 0.3) is 0 Å². The first kappa shape index (κ1) is 9.42. The standard InChI is InChI=1S/C12H9NO2S/c1-14-12-8(10-3-2-6-16-10)4-5-9-11(12)13-7-15-9/h2-7H,1H3. The van der Waals surface area contributed by atoms with Crippen LogP contribution in [0.15, 0.2) is 40.5 Å². The second-order valence-electron chi connectivity index (χ2n) is 3.32. The molecule has 3 rings (SSSR count). The number of hydrogen-bond acceptors (Lipinski definition) is 4. The number of benzene rings is 1. The van der Waals surface area contributed by atoms with Gasteiger partial charge in [0.05, 0.1) is 7.11 Å². The van der Waals surface area contributed by atoms with E-state index in [4.69, 9.17) is 9.15 Å². The quantitative estimate of drug-likeness (QED) is 0.676. The van der Waals surface area contributed by atoms with Crippen LogP contribution in [0.5, 0.6) is 5.75 Å². The topological polar surface area (TPSA) is 35.3 Å². The molecule has 3 aromatic rings. The van der Waals surface area contributed by atoms with Gasteiger partial charge in [-0.1, -0.05) is 6.07 Å². The smallest absolute Gasteiger partial charge is 0.182 e. The summed E-state index contributed by atoms with van der Waals surface area (Å²) in [6, 6.07) is 8.00. The molecule has 0 bridgehead atoms. The monoisotopic (exact) mass is 231 g/mol. The van der Waals surface area contributed by atoms with Crippen LogP contribution in [-0.4, -0.2) is 12.1 Å². The summed E-state index contributed by atoms with van der Waals surface area (Å²) >= 11 is 1.68. The zero-order valence-electron chi connectivity index (χ0n) is 8.64. The van der Waals surface area contributed by atoms with Gasteiger partial charge in [0, 0.05) is 10.4 Å². The molecule has 0 spiro atoms. The van der Waals surface area contributed by atoms with Gasteiger partial charge in [-0.3, -0.25) is 0 Å². The van der Waals surface area contributed by atoms with Crippen molar-refractivity contribution in [3.05, 3.63) is 36.0 Å². The molecule has 0 aliphatic heterocycles. The number of thiophene rings is 1. The Morgan fingerprint density at radius 2 is 2.25 bits per heavy atom. The van der Waals surface area contributed by atoms with Crippen LogP contribution >= 0.6 is 11.3 Å². The Balaban J connectivity index is 2.32. The lowest BCUT2D eigenvalue weighted by atomic mass is 10.1. The summed E-state index contributed by atoms with van der Waals surface area (Å²) in [5.41, 5.74) is 2.57. The molecule has 0 radical (unpaired) electrons. The van der Waals surface area contributed by atoms with E-state index in [1.54, 1.807) is 18.4 Å². The Labute approximate surface area is 96.3 Å². The van der Waals surface area contributed by atoms with Crippen molar-refractivity contribution in [2.45, 2.75) is 0 Å². The van der Waals surface area contributed by atoms with Crippen molar-refractivity contribution in [3.63, 3.8) is 0 Å². The lowest BCUT2D eigenvalue weighted by molar-refractivity contribution is 0.420. The van der Waals surface area contributed by atoms with Gasteiger partial charge in [0.2, 0.25) is 0 Å². The van der Waals surface area contributed by atoms with Gasteiger partial charge in [0.15, 0.2) is 23.2 Å². The molecule has 0 atom stereocenters. The van der Waals surface area contributed by atoms with Crippen LogP contribution in [0, 0.1) is 0 Å². The van der Waals surface area contributed by atoms with Crippen LogP contribution in [0.1, 0.15) is 0 Å². The highest BCUT2D eigenvalue weighted by Crippen LogP contribution is 2.37. The maximum Gasteiger partial charge on any atom is 0.182 e. The molecule has 0 amide bonds. The van der Waals surface area contributed by atoms with Crippen molar-refractivity contribution in [2.24, 2.45) is 0 Å². The molecule has 80 valence electrons. The summed E-state index contributed by atoms with van der Waals surface area (Å²) in [6.45, 7) is 0. The van der Waals surface area contributed by atoms with Gasteiger partial charge >= 0.3 is 0 Å². The van der Waals surface area contributed by atoms with Crippen molar-refractivity contribution in [1.82, 2.24) is 4.98 Å². The number of nitrogens with zero attached hydrogens (tertiary/aromatic N) is 1. The Bertz CT molecular complexity index is 613. The molecule has 2 heterocycles. The minimum Gasteiger partial charge on any atom is -0.494 e. The predicted molar refractivity (Wildman–Crippen MR) is 63.9 cm³/mol. The number of ether oxygens (including phenoxy) is 1. The van der Waals surface area contributed by atoms with Gasteiger partial charge < -0.3 is 9.15 Å². The molecule has 1 aromatic carbocycles. The SMILES string of the molecule is COc1c(-c2cccs2)ccc2ocnc12. The molecule has 16 heavy (non-hydrogen) atoms. The van der Waals surface area contributed by atoms with E-state index in [0.29, 0.717) is 0 Å². The highest BCUT2D eigenvalue weighted by molar-refractivity contribution is 7.13. The minimum atomic E-state index is 0.747. The van der Waals surface area contributed by atoms with Gasteiger partial charge in [-0.05, 0) is 23.6 Å². The first-order valence-electron chi connectivity index (χ1n) is 4.84. The Kier molecular flexibility index (Phi) is 2.15. The first-order chi connectivity index (χ1) is 7.90.